The van der Waals surface area contributed by atoms with Gasteiger partial charge in [-0.2, -0.15) is 0 Å². The van der Waals surface area contributed by atoms with E-state index >= 15 is 0 Å². The van der Waals surface area contributed by atoms with E-state index in [1.54, 1.807) is 6.92 Å². The summed E-state index contributed by atoms with van der Waals surface area (Å²) >= 11 is 0. The summed E-state index contributed by atoms with van der Waals surface area (Å²) in [6.07, 6.45) is 0.349. The fourth-order valence-corrected chi connectivity index (χ4v) is 3.06. The molecule has 1 saturated heterocycles. The van der Waals surface area contributed by atoms with E-state index in [1.165, 1.54) is 0 Å². The van der Waals surface area contributed by atoms with Crippen molar-refractivity contribution < 1.29 is 14.6 Å². The van der Waals surface area contributed by atoms with Crippen molar-refractivity contribution in [1.82, 2.24) is 20.9 Å². The standard InChI is InChI=1S/C21H35N5O3/c1-3-22-20(25-16-21(2,28)17-26-11-13-29-14-12-26)23-10-9-19(27)24-15-18-7-5-4-6-8-18/h4-8,28H,3,9-17H2,1-2H3,(H,24,27)(H2,22,23,25). The van der Waals surface area contributed by atoms with E-state index in [9.17, 15) is 9.90 Å². The SMILES string of the molecule is CCNC(=NCC(C)(O)CN1CCOCC1)NCCC(=O)NCc1ccccc1. The molecule has 0 aromatic heterocycles. The smallest absolute Gasteiger partial charge is 0.222 e. The first-order valence-corrected chi connectivity index (χ1v) is 10.3. The number of aliphatic hydroxyl groups is 1. The lowest BCUT2D eigenvalue weighted by Gasteiger charge is -2.33. The molecular weight excluding hydrogens is 370 g/mol. The largest absolute Gasteiger partial charge is 0.387 e. The molecule has 8 nitrogen and oxygen atoms in total. The Bertz CT molecular complexity index is 630. The van der Waals surface area contributed by atoms with Gasteiger partial charge in [0.25, 0.3) is 0 Å². The van der Waals surface area contributed by atoms with Gasteiger partial charge in [0.15, 0.2) is 5.96 Å². The molecule has 1 aliphatic rings. The van der Waals surface area contributed by atoms with Gasteiger partial charge >= 0.3 is 0 Å². The number of benzene rings is 1. The number of guanidine groups is 1. The number of carbonyl (C=O) groups is 1. The first-order chi connectivity index (χ1) is 14.0. The Morgan fingerprint density at radius 1 is 1.21 bits per heavy atom. The first-order valence-electron chi connectivity index (χ1n) is 10.3. The number of rotatable bonds is 10. The molecule has 0 bridgehead atoms. The highest BCUT2D eigenvalue weighted by atomic mass is 16.5. The molecule has 1 fully saturated rings. The van der Waals surface area contributed by atoms with Crippen LogP contribution in [-0.4, -0.2) is 80.0 Å². The highest BCUT2D eigenvalue weighted by Gasteiger charge is 2.25. The van der Waals surface area contributed by atoms with E-state index in [0.29, 0.717) is 51.8 Å². The molecule has 1 heterocycles. The third-order valence-electron chi connectivity index (χ3n) is 4.57. The summed E-state index contributed by atoms with van der Waals surface area (Å²) in [5.41, 5.74) is 0.151. The van der Waals surface area contributed by atoms with Crippen molar-refractivity contribution in [1.29, 1.82) is 0 Å². The van der Waals surface area contributed by atoms with Gasteiger partial charge in [-0.1, -0.05) is 30.3 Å². The summed E-state index contributed by atoms with van der Waals surface area (Å²) in [4.78, 5) is 18.7. The molecule has 1 aromatic rings. The van der Waals surface area contributed by atoms with Crippen LogP contribution in [0.5, 0.6) is 0 Å². The maximum atomic E-state index is 12.0. The lowest BCUT2D eigenvalue weighted by molar-refractivity contribution is -0.121. The Morgan fingerprint density at radius 2 is 1.93 bits per heavy atom. The average molecular weight is 406 g/mol. The van der Waals surface area contributed by atoms with Crippen molar-refractivity contribution in [2.45, 2.75) is 32.4 Å². The van der Waals surface area contributed by atoms with Gasteiger partial charge < -0.3 is 25.8 Å². The molecule has 2 rings (SSSR count). The van der Waals surface area contributed by atoms with Crippen molar-refractivity contribution in [3.63, 3.8) is 0 Å². The zero-order valence-electron chi connectivity index (χ0n) is 17.6. The van der Waals surface area contributed by atoms with Crippen molar-refractivity contribution in [2.24, 2.45) is 4.99 Å². The maximum Gasteiger partial charge on any atom is 0.222 e. The molecule has 162 valence electrons. The van der Waals surface area contributed by atoms with E-state index in [1.807, 2.05) is 37.3 Å². The van der Waals surface area contributed by atoms with Gasteiger partial charge in [-0.25, -0.2) is 0 Å². The van der Waals surface area contributed by atoms with Crippen LogP contribution < -0.4 is 16.0 Å². The second-order valence-corrected chi connectivity index (χ2v) is 7.52. The molecule has 1 aliphatic heterocycles. The van der Waals surface area contributed by atoms with E-state index in [4.69, 9.17) is 4.74 Å². The lowest BCUT2D eigenvalue weighted by Crippen LogP contribution is -2.48. The van der Waals surface area contributed by atoms with Crippen molar-refractivity contribution in [3.8, 4) is 0 Å². The Labute approximate surface area is 173 Å². The van der Waals surface area contributed by atoms with Crippen LogP contribution in [0.25, 0.3) is 0 Å². The molecule has 1 aromatic carbocycles. The summed E-state index contributed by atoms with van der Waals surface area (Å²) in [6.45, 7) is 9.38. The number of carbonyl (C=O) groups excluding carboxylic acids is 1. The van der Waals surface area contributed by atoms with E-state index in [0.717, 1.165) is 18.7 Å². The van der Waals surface area contributed by atoms with Crippen LogP contribution in [0.3, 0.4) is 0 Å². The summed E-state index contributed by atoms with van der Waals surface area (Å²) in [5.74, 6) is 0.585. The number of morpholine rings is 1. The van der Waals surface area contributed by atoms with E-state index in [2.05, 4.69) is 25.8 Å². The zero-order valence-corrected chi connectivity index (χ0v) is 17.6. The Balaban J connectivity index is 1.72. The van der Waals surface area contributed by atoms with Gasteiger partial charge in [-0.3, -0.25) is 14.7 Å². The van der Waals surface area contributed by atoms with Crippen LogP contribution in [0.1, 0.15) is 25.8 Å². The number of nitrogens with one attached hydrogen (secondary N) is 3. The number of β-amino-alcohol motifs (C(OH)–C–C–N with tert-alkyl or cyclic N) is 1. The van der Waals surface area contributed by atoms with E-state index < -0.39 is 5.60 Å². The fraction of sp³-hybridized carbons (Fsp3) is 0.619. The molecule has 0 radical (unpaired) electrons. The predicted molar refractivity (Wildman–Crippen MR) is 115 cm³/mol. The van der Waals surface area contributed by atoms with Crippen molar-refractivity contribution in [3.05, 3.63) is 35.9 Å². The number of nitrogens with zero attached hydrogens (tertiary/aromatic N) is 2. The van der Waals surface area contributed by atoms with E-state index in [-0.39, 0.29) is 12.5 Å². The molecule has 1 atom stereocenters. The van der Waals surface area contributed by atoms with Gasteiger partial charge in [-0.15, -0.1) is 0 Å². The highest BCUT2D eigenvalue weighted by Crippen LogP contribution is 2.09. The fourth-order valence-electron chi connectivity index (χ4n) is 3.06. The topological polar surface area (TPSA) is 98.2 Å². The van der Waals surface area contributed by atoms with Crippen LogP contribution >= 0.6 is 0 Å². The summed E-state index contributed by atoms with van der Waals surface area (Å²) < 4.78 is 5.35. The van der Waals surface area contributed by atoms with Gasteiger partial charge in [-0.05, 0) is 19.4 Å². The molecule has 1 amide bonds. The average Bonchev–Trinajstić information content (AvgIpc) is 2.72. The minimum Gasteiger partial charge on any atom is -0.387 e. The molecule has 4 N–H and O–H groups in total. The van der Waals surface area contributed by atoms with Crippen LogP contribution in [-0.2, 0) is 16.1 Å². The predicted octanol–water partition coefficient (Wildman–Crippen LogP) is 0.331. The maximum absolute atomic E-state index is 12.0. The number of amides is 1. The second kappa shape index (κ2) is 12.4. The third-order valence-corrected chi connectivity index (χ3v) is 4.57. The minimum absolute atomic E-state index is 0.0171. The van der Waals surface area contributed by atoms with Gasteiger partial charge in [0.2, 0.25) is 5.91 Å². The third kappa shape index (κ3) is 9.74. The molecule has 29 heavy (non-hydrogen) atoms. The van der Waals surface area contributed by atoms with Gasteiger partial charge in [0.05, 0.1) is 25.4 Å². The summed E-state index contributed by atoms with van der Waals surface area (Å²) in [6, 6.07) is 9.83. The molecule has 8 heteroatoms. The Morgan fingerprint density at radius 3 is 2.62 bits per heavy atom. The van der Waals surface area contributed by atoms with Crippen LogP contribution in [0.4, 0.5) is 0 Å². The lowest BCUT2D eigenvalue weighted by atomic mass is 10.1. The highest BCUT2D eigenvalue weighted by molar-refractivity contribution is 5.81. The molecular formula is C21H35N5O3. The zero-order chi connectivity index (χ0) is 21.0. The number of aliphatic imine (C=N–C) groups is 1. The Kier molecular flexibility index (Phi) is 9.90. The first kappa shape index (κ1) is 23.1. The van der Waals surface area contributed by atoms with Crippen molar-refractivity contribution in [2.75, 3.05) is 52.5 Å². The quantitative estimate of drug-likeness (QED) is 0.331. The van der Waals surface area contributed by atoms with Crippen molar-refractivity contribution >= 4 is 11.9 Å². The minimum atomic E-state index is -0.924. The molecule has 0 aliphatic carbocycles. The van der Waals surface area contributed by atoms with Crippen LogP contribution in [0.15, 0.2) is 35.3 Å². The van der Waals surface area contributed by atoms with Gasteiger partial charge in [0, 0.05) is 45.7 Å². The normalized spacial score (nSPS) is 17.4. The van der Waals surface area contributed by atoms with Gasteiger partial charge in [0.1, 0.15) is 0 Å². The Hall–Kier alpha value is -2.16. The monoisotopic (exact) mass is 405 g/mol. The summed E-state index contributed by atoms with van der Waals surface area (Å²) in [7, 11) is 0. The van der Waals surface area contributed by atoms with Crippen LogP contribution in [0.2, 0.25) is 0 Å². The molecule has 0 saturated carbocycles. The number of hydrogen-bond acceptors (Lipinski definition) is 5. The second-order valence-electron chi connectivity index (χ2n) is 7.52. The summed E-state index contributed by atoms with van der Waals surface area (Å²) in [5, 5.41) is 19.9. The van der Waals surface area contributed by atoms with Crippen LogP contribution in [0, 0.1) is 0 Å². The number of hydrogen-bond donors (Lipinski definition) is 4. The molecule has 0 spiro atoms. The molecule has 1 unspecified atom stereocenters. The number of ether oxygens (including phenoxy) is 1.